The van der Waals surface area contributed by atoms with E-state index >= 15 is 0 Å². The third-order valence-corrected chi connectivity index (χ3v) is 7.92. The molecule has 0 saturated carbocycles. The molecule has 3 aromatic rings. The number of rotatable bonds is 7. The van der Waals surface area contributed by atoms with Crippen LogP contribution in [0.4, 0.5) is 18.9 Å². The minimum Gasteiger partial charge on any atom is -0.369 e. The van der Waals surface area contributed by atoms with Gasteiger partial charge in [0.25, 0.3) is 0 Å². The third kappa shape index (κ3) is 6.37. The molecule has 4 rings (SSSR count). The van der Waals surface area contributed by atoms with E-state index < -0.39 is 27.7 Å². The Bertz CT molecular complexity index is 1370. The molecule has 0 spiro atoms. The van der Waals surface area contributed by atoms with Gasteiger partial charge in [-0.3, -0.25) is 9.78 Å². The summed E-state index contributed by atoms with van der Waals surface area (Å²) in [4.78, 5) is 19.3. The lowest BCUT2D eigenvalue weighted by atomic mass is 9.83. The molecule has 0 amide bonds. The summed E-state index contributed by atoms with van der Waals surface area (Å²) in [5, 5.41) is 0. The summed E-state index contributed by atoms with van der Waals surface area (Å²) in [6.45, 7) is 3.49. The molecule has 1 aromatic heterocycles. The molecule has 0 bridgehead atoms. The number of halogens is 3. The molecule has 1 aliphatic rings. The highest BCUT2D eigenvalue weighted by Gasteiger charge is 2.36. The van der Waals surface area contributed by atoms with Gasteiger partial charge in [0.05, 0.1) is 11.8 Å². The zero-order valence-electron chi connectivity index (χ0n) is 20.6. The van der Waals surface area contributed by atoms with Gasteiger partial charge in [0, 0.05) is 61.7 Å². The number of benzene rings is 2. The highest BCUT2D eigenvalue weighted by atomic mass is 32.2. The van der Waals surface area contributed by atoms with Crippen LogP contribution in [0.2, 0.25) is 0 Å². The Hall–Kier alpha value is -3.24. The van der Waals surface area contributed by atoms with Crippen LogP contribution in [0.3, 0.4) is 0 Å². The number of hydrogen-bond acceptors (Lipinski definition) is 5. The quantitative estimate of drug-likeness (QED) is 0.406. The van der Waals surface area contributed by atoms with Gasteiger partial charge in [0.1, 0.15) is 0 Å². The lowest BCUT2D eigenvalue weighted by molar-refractivity contribution is -0.138. The predicted octanol–water partition coefficient (Wildman–Crippen LogP) is 4.90. The maximum Gasteiger partial charge on any atom is 0.416 e. The average Bonchev–Trinajstić information content (AvgIpc) is 2.86. The Kier molecular flexibility index (Phi) is 7.70. The molecular weight excluding hydrogens is 503 g/mol. The molecule has 1 aliphatic heterocycles. The van der Waals surface area contributed by atoms with Crippen molar-refractivity contribution < 1.29 is 26.4 Å². The number of nitrogens with zero attached hydrogens (tertiary/aromatic N) is 3. The van der Waals surface area contributed by atoms with Crippen LogP contribution in [0.15, 0.2) is 66.9 Å². The molecule has 1 fully saturated rings. The van der Waals surface area contributed by atoms with Crippen LogP contribution >= 0.6 is 0 Å². The fourth-order valence-corrected chi connectivity index (χ4v) is 5.51. The van der Waals surface area contributed by atoms with Crippen molar-refractivity contribution in [1.29, 1.82) is 0 Å². The minimum absolute atomic E-state index is 0.0450. The van der Waals surface area contributed by atoms with Crippen LogP contribution in [0, 0.1) is 6.92 Å². The van der Waals surface area contributed by atoms with Crippen LogP contribution in [0.1, 0.15) is 45.1 Å². The molecule has 1 unspecified atom stereocenters. The number of hydrogen-bond donors (Lipinski definition) is 0. The number of carbonyl (C=O) groups excluding carboxylic acids is 1. The zero-order valence-corrected chi connectivity index (χ0v) is 21.4. The Morgan fingerprint density at radius 3 is 2.24 bits per heavy atom. The lowest BCUT2D eigenvalue weighted by Gasteiger charge is -2.35. The summed E-state index contributed by atoms with van der Waals surface area (Å²) in [5.74, 6) is -1.08. The van der Waals surface area contributed by atoms with E-state index in [1.165, 1.54) is 28.9 Å². The Morgan fingerprint density at radius 1 is 1.00 bits per heavy atom. The number of anilines is 1. The fourth-order valence-electron chi connectivity index (χ4n) is 4.68. The SMILES string of the molecule is Cc1cc(C(=O)CC(c2ccc(N3CCN(S(C)(=O)=O)CC3)cc2)c2ccccc2C(F)(F)F)ccn1. The summed E-state index contributed by atoms with van der Waals surface area (Å²) in [6, 6.07) is 15.7. The number of sulfonamides is 1. The summed E-state index contributed by atoms with van der Waals surface area (Å²) in [6.07, 6.45) is -2.00. The van der Waals surface area contributed by atoms with Crippen LogP contribution in [0.5, 0.6) is 0 Å². The molecule has 0 aliphatic carbocycles. The number of alkyl halides is 3. The van der Waals surface area contributed by atoms with E-state index in [1.807, 2.05) is 17.0 Å². The molecule has 10 heteroatoms. The van der Waals surface area contributed by atoms with E-state index in [4.69, 9.17) is 0 Å². The van der Waals surface area contributed by atoms with Gasteiger partial charge in [0.2, 0.25) is 10.0 Å². The predicted molar refractivity (Wildman–Crippen MR) is 136 cm³/mol. The van der Waals surface area contributed by atoms with Gasteiger partial charge < -0.3 is 4.90 Å². The Labute approximate surface area is 214 Å². The monoisotopic (exact) mass is 531 g/mol. The van der Waals surface area contributed by atoms with Gasteiger partial charge in [-0.2, -0.15) is 17.5 Å². The van der Waals surface area contributed by atoms with Crippen molar-refractivity contribution in [2.75, 3.05) is 37.3 Å². The number of carbonyl (C=O) groups is 1. The topological polar surface area (TPSA) is 70.6 Å². The summed E-state index contributed by atoms with van der Waals surface area (Å²) >= 11 is 0. The van der Waals surface area contributed by atoms with E-state index in [1.54, 1.807) is 37.3 Å². The first kappa shape index (κ1) is 26.8. The average molecular weight is 532 g/mol. The maximum atomic E-state index is 13.9. The van der Waals surface area contributed by atoms with Crippen molar-refractivity contribution in [1.82, 2.24) is 9.29 Å². The van der Waals surface area contributed by atoms with Crippen LogP contribution in [-0.4, -0.2) is 55.9 Å². The Balaban J connectivity index is 1.65. The standard InChI is InChI=1S/C27H28F3N3O3S/c1-19-17-21(11-12-31-19)26(34)18-24(23-5-3-4-6-25(23)27(28,29)30)20-7-9-22(10-8-20)32-13-15-33(16-14-32)37(2,35)36/h3-12,17,24H,13-16,18H2,1-2H3. The van der Waals surface area contributed by atoms with E-state index in [0.717, 1.165) is 11.8 Å². The lowest BCUT2D eigenvalue weighted by Crippen LogP contribution is -2.48. The summed E-state index contributed by atoms with van der Waals surface area (Å²) in [5.41, 5.74) is 1.77. The maximum absolute atomic E-state index is 13.9. The number of piperazine rings is 1. The molecular formula is C27H28F3N3O3S. The van der Waals surface area contributed by atoms with E-state index in [9.17, 15) is 26.4 Å². The molecule has 196 valence electrons. The molecule has 2 heterocycles. The minimum atomic E-state index is -4.57. The zero-order chi connectivity index (χ0) is 26.8. The number of aryl methyl sites for hydroxylation is 1. The normalized spacial score (nSPS) is 16.0. The molecule has 0 radical (unpaired) electrons. The van der Waals surface area contributed by atoms with Crippen molar-refractivity contribution in [3.05, 3.63) is 94.8 Å². The van der Waals surface area contributed by atoms with Crippen LogP contribution in [0.25, 0.3) is 0 Å². The molecule has 0 N–H and O–H groups in total. The van der Waals surface area contributed by atoms with Gasteiger partial charge in [0.15, 0.2) is 5.78 Å². The summed E-state index contributed by atoms with van der Waals surface area (Å²) in [7, 11) is -3.25. The third-order valence-electron chi connectivity index (χ3n) is 6.62. The fraction of sp³-hybridized carbons (Fsp3) is 0.333. The van der Waals surface area contributed by atoms with Gasteiger partial charge in [-0.05, 0) is 48.4 Å². The first-order valence-electron chi connectivity index (χ1n) is 11.9. The van der Waals surface area contributed by atoms with E-state index in [-0.39, 0.29) is 17.8 Å². The number of Topliss-reactive ketones (excluding diaryl/α,β-unsaturated/α-hetero) is 1. The van der Waals surface area contributed by atoms with Crippen LogP contribution in [-0.2, 0) is 16.2 Å². The highest BCUT2D eigenvalue weighted by molar-refractivity contribution is 7.88. The van der Waals surface area contributed by atoms with Gasteiger partial charge in [-0.15, -0.1) is 0 Å². The number of ketones is 1. The van der Waals surface area contributed by atoms with Gasteiger partial charge in [-0.25, -0.2) is 8.42 Å². The molecule has 1 atom stereocenters. The Morgan fingerprint density at radius 2 is 1.65 bits per heavy atom. The second-order valence-corrected chi connectivity index (χ2v) is 11.2. The first-order chi connectivity index (χ1) is 17.4. The molecule has 37 heavy (non-hydrogen) atoms. The van der Waals surface area contributed by atoms with Crippen molar-refractivity contribution in [3.8, 4) is 0 Å². The van der Waals surface area contributed by atoms with E-state index in [0.29, 0.717) is 43.0 Å². The second-order valence-electron chi connectivity index (χ2n) is 9.19. The van der Waals surface area contributed by atoms with Gasteiger partial charge in [-0.1, -0.05) is 30.3 Å². The number of pyridine rings is 1. The molecule has 1 saturated heterocycles. The highest BCUT2D eigenvalue weighted by Crippen LogP contribution is 2.39. The number of aromatic nitrogens is 1. The largest absolute Gasteiger partial charge is 0.416 e. The second kappa shape index (κ2) is 10.6. The molecule has 2 aromatic carbocycles. The van der Waals surface area contributed by atoms with Crippen molar-refractivity contribution in [2.24, 2.45) is 0 Å². The van der Waals surface area contributed by atoms with Crippen LogP contribution < -0.4 is 4.90 Å². The molecule has 6 nitrogen and oxygen atoms in total. The first-order valence-corrected chi connectivity index (χ1v) is 13.7. The van der Waals surface area contributed by atoms with E-state index in [2.05, 4.69) is 4.98 Å². The summed E-state index contributed by atoms with van der Waals surface area (Å²) < 4.78 is 66.7. The van der Waals surface area contributed by atoms with Gasteiger partial charge >= 0.3 is 6.18 Å². The van der Waals surface area contributed by atoms with Crippen molar-refractivity contribution in [3.63, 3.8) is 0 Å². The van der Waals surface area contributed by atoms with Crippen molar-refractivity contribution >= 4 is 21.5 Å². The smallest absolute Gasteiger partial charge is 0.369 e. The van der Waals surface area contributed by atoms with Crippen molar-refractivity contribution in [2.45, 2.75) is 25.4 Å².